The molecule has 6 nitrogen and oxygen atoms in total. The third kappa shape index (κ3) is 2.44. The lowest BCUT2D eigenvalue weighted by Crippen LogP contribution is -2.47. The molecule has 2 aliphatic carbocycles. The molecule has 0 atom stereocenters. The van der Waals surface area contributed by atoms with Crippen molar-refractivity contribution in [3.05, 3.63) is 40.7 Å². The highest BCUT2D eigenvalue weighted by atomic mass is 16.7. The van der Waals surface area contributed by atoms with Gasteiger partial charge in [-0.15, -0.1) is 0 Å². The van der Waals surface area contributed by atoms with E-state index in [2.05, 4.69) is 0 Å². The predicted molar refractivity (Wildman–Crippen MR) is 91.6 cm³/mol. The highest BCUT2D eigenvalue weighted by molar-refractivity contribution is 6.09. The summed E-state index contributed by atoms with van der Waals surface area (Å²) in [6.45, 7) is 0. The van der Waals surface area contributed by atoms with E-state index in [0.29, 0.717) is 23.7 Å². The van der Waals surface area contributed by atoms with Gasteiger partial charge >= 0.3 is 0 Å². The molecule has 0 bridgehead atoms. The van der Waals surface area contributed by atoms with Crippen LogP contribution in [-0.4, -0.2) is 47.1 Å². The van der Waals surface area contributed by atoms with Gasteiger partial charge in [0.25, 0.3) is 5.79 Å². The number of ketones is 1. The smallest absolute Gasteiger partial charge is 0.293 e. The van der Waals surface area contributed by atoms with Gasteiger partial charge in [-0.1, -0.05) is 0 Å². The summed E-state index contributed by atoms with van der Waals surface area (Å²) in [5.41, 5.74) is 3.75. The number of hydrogen-bond acceptors (Lipinski definition) is 6. The summed E-state index contributed by atoms with van der Waals surface area (Å²) in [6.07, 6.45) is 3.06. The highest BCUT2D eigenvalue weighted by Crippen LogP contribution is 2.46. The monoisotopic (exact) mass is 346 g/mol. The van der Waals surface area contributed by atoms with Crippen LogP contribution in [0.5, 0.6) is 11.5 Å². The zero-order valence-corrected chi connectivity index (χ0v) is 15.1. The SMILES string of the molecule is COC1=C2CCc3cc(OC)c(OC)cc3C2=CC(=O)C1(OC)OC. The van der Waals surface area contributed by atoms with E-state index in [4.69, 9.17) is 23.7 Å². The Labute approximate surface area is 147 Å². The molecule has 0 amide bonds. The van der Waals surface area contributed by atoms with Gasteiger partial charge in [0.15, 0.2) is 17.3 Å². The van der Waals surface area contributed by atoms with Crippen molar-refractivity contribution in [2.75, 3.05) is 35.5 Å². The topological polar surface area (TPSA) is 63.2 Å². The molecule has 0 radical (unpaired) electrons. The van der Waals surface area contributed by atoms with Gasteiger partial charge in [0, 0.05) is 19.8 Å². The predicted octanol–water partition coefficient (Wildman–Crippen LogP) is 2.51. The third-order valence-corrected chi connectivity index (χ3v) is 4.82. The maximum atomic E-state index is 12.8. The normalized spacial score (nSPS) is 18.3. The van der Waals surface area contributed by atoms with Crippen molar-refractivity contribution in [2.24, 2.45) is 0 Å². The lowest BCUT2D eigenvalue weighted by atomic mass is 9.77. The Morgan fingerprint density at radius 2 is 1.52 bits per heavy atom. The van der Waals surface area contributed by atoms with E-state index >= 15 is 0 Å². The first kappa shape index (κ1) is 17.5. The van der Waals surface area contributed by atoms with E-state index < -0.39 is 5.79 Å². The minimum atomic E-state index is -1.53. The van der Waals surface area contributed by atoms with Gasteiger partial charge in [-0.05, 0) is 47.8 Å². The number of hydrogen-bond donors (Lipinski definition) is 0. The quantitative estimate of drug-likeness (QED) is 0.764. The number of aryl methyl sites for hydroxylation is 1. The second-order valence-corrected chi connectivity index (χ2v) is 5.82. The molecule has 1 aromatic rings. The number of carbonyl (C=O) groups excluding carboxylic acids is 1. The first-order chi connectivity index (χ1) is 12.1. The van der Waals surface area contributed by atoms with Gasteiger partial charge in [-0.2, -0.15) is 0 Å². The summed E-state index contributed by atoms with van der Waals surface area (Å²) in [6, 6.07) is 3.85. The van der Waals surface area contributed by atoms with Crippen molar-refractivity contribution in [3.8, 4) is 11.5 Å². The second kappa shape index (κ2) is 6.54. The summed E-state index contributed by atoms with van der Waals surface area (Å²) < 4.78 is 27.2. The van der Waals surface area contributed by atoms with E-state index in [9.17, 15) is 4.79 Å². The van der Waals surface area contributed by atoms with Crippen LogP contribution in [0.15, 0.2) is 29.5 Å². The minimum absolute atomic E-state index is 0.310. The summed E-state index contributed by atoms with van der Waals surface area (Å²) in [5.74, 6) is -0.144. The van der Waals surface area contributed by atoms with Gasteiger partial charge in [0.05, 0.1) is 21.3 Å². The molecule has 0 unspecified atom stereocenters. The Balaban J connectivity index is 2.22. The van der Waals surface area contributed by atoms with Crippen LogP contribution in [0.25, 0.3) is 5.57 Å². The molecule has 6 heteroatoms. The molecule has 2 aliphatic rings. The molecule has 3 rings (SSSR count). The van der Waals surface area contributed by atoms with E-state index in [-0.39, 0.29) is 5.78 Å². The average Bonchev–Trinajstić information content (AvgIpc) is 2.65. The maximum absolute atomic E-state index is 12.8. The Kier molecular flexibility index (Phi) is 4.58. The van der Waals surface area contributed by atoms with Crippen LogP contribution in [0.4, 0.5) is 0 Å². The lowest BCUT2D eigenvalue weighted by molar-refractivity contribution is -0.199. The molecule has 134 valence electrons. The first-order valence-electron chi connectivity index (χ1n) is 7.96. The Bertz CT molecular complexity index is 770. The van der Waals surface area contributed by atoms with Gasteiger partial charge in [0.2, 0.25) is 5.78 Å². The molecule has 0 saturated carbocycles. The first-order valence-corrected chi connectivity index (χ1v) is 7.96. The molecular formula is C19H22O6. The fourth-order valence-corrected chi connectivity index (χ4v) is 3.60. The molecule has 0 fully saturated rings. The van der Waals surface area contributed by atoms with Gasteiger partial charge in [0.1, 0.15) is 0 Å². The van der Waals surface area contributed by atoms with Crippen molar-refractivity contribution in [2.45, 2.75) is 18.6 Å². The molecule has 0 N–H and O–H groups in total. The number of benzene rings is 1. The maximum Gasteiger partial charge on any atom is 0.293 e. The largest absolute Gasteiger partial charge is 0.495 e. The minimum Gasteiger partial charge on any atom is -0.495 e. The number of methoxy groups -OCH3 is 5. The van der Waals surface area contributed by atoms with Crippen LogP contribution >= 0.6 is 0 Å². The van der Waals surface area contributed by atoms with Crippen molar-refractivity contribution < 1.29 is 28.5 Å². The summed E-state index contributed by atoms with van der Waals surface area (Å²) in [7, 11) is 7.59. The van der Waals surface area contributed by atoms with E-state index in [1.54, 1.807) is 20.3 Å². The van der Waals surface area contributed by atoms with E-state index in [1.807, 2.05) is 12.1 Å². The van der Waals surface area contributed by atoms with E-state index in [0.717, 1.165) is 28.7 Å². The van der Waals surface area contributed by atoms with Gasteiger partial charge < -0.3 is 23.7 Å². The van der Waals surface area contributed by atoms with Gasteiger partial charge in [-0.25, -0.2) is 0 Å². The molecule has 0 aliphatic heterocycles. The number of fused-ring (bicyclic) bond motifs is 3. The number of rotatable bonds is 5. The number of allylic oxidation sites excluding steroid dienone is 2. The molecule has 25 heavy (non-hydrogen) atoms. The second-order valence-electron chi connectivity index (χ2n) is 5.82. The van der Waals surface area contributed by atoms with Gasteiger partial charge in [-0.3, -0.25) is 4.79 Å². The van der Waals surface area contributed by atoms with Crippen LogP contribution in [0.2, 0.25) is 0 Å². The molecule has 0 spiro atoms. The zero-order chi connectivity index (χ0) is 18.2. The Morgan fingerprint density at radius 1 is 0.880 bits per heavy atom. The van der Waals surface area contributed by atoms with E-state index in [1.165, 1.54) is 21.3 Å². The Hall–Kier alpha value is -2.31. The molecule has 1 aromatic carbocycles. The fourth-order valence-electron chi connectivity index (χ4n) is 3.60. The summed E-state index contributed by atoms with van der Waals surface area (Å²) in [5, 5.41) is 0. The highest BCUT2D eigenvalue weighted by Gasteiger charge is 2.49. The average molecular weight is 346 g/mol. The van der Waals surface area contributed by atoms with Crippen molar-refractivity contribution in [1.82, 2.24) is 0 Å². The fraction of sp³-hybridized carbons (Fsp3) is 0.421. The molecule has 0 saturated heterocycles. The summed E-state index contributed by atoms with van der Waals surface area (Å²) in [4.78, 5) is 12.8. The third-order valence-electron chi connectivity index (χ3n) is 4.82. The van der Waals surface area contributed by atoms with Crippen molar-refractivity contribution in [1.29, 1.82) is 0 Å². The molecular weight excluding hydrogens is 324 g/mol. The van der Waals surface area contributed by atoms with Crippen molar-refractivity contribution >= 4 is 11.4 Å². The zero-order valence-electron chi connectivity index (χ0n) is 15.1. The summed E-state index contributed by atoms with van der Waals surface area (Å²) >= 11 is 0. The standard InChI is InChI=1S/C19H22O6/c1-21-15-8-11-6-7-12-14(13(11)9-16(15)22-2)10-17(20)19(24-4,25-5)18(12)23-3/h8-10H,6-7H2,1-5H3. The lowest BCUT2D eigenvalue weighted by Gasteiger charge is -2.37. The van der Waals surface area contributed by atoms with Crippen molar-refractivity contribution in [3.63, 3.8) is 0 Å². The van der Waals surface area contributed by atoms with Crippen LogP contribution in [-0.2, 0) is 25.4 Å². The number of carbonyl (C=O) groups is 1. The number of ether oxygens (including phenoxy) is 5. The Morgan fingerprint density at radius 3 is 2.08 bits per heavy atom. The van der Waals surface area contributed by atoms with Crippen LogP contribution in [0.1, 0.15) is 17.5 Å². The molecule has 0 heterocycles. The van der Waals surface area contributed by atoms with Crippen LogP contribution < -0.4 is 9.47 Å². The molecule has 0 aromatic heterocycles. The van der Waals surface area contributed by atoms with Crippen LogP contribution in [0.3, 0.4) is 0 Å². The van der Waals surface area contributed by atoms with Crippen LogP contribution in [0, 0.1) is 0 Å².